The zero-order valence-electron chi connectivity index (χ0n) is 18.0. The highest BCUT2D eigenvalue weighted by atomic mass is 19.1. The van der Waals surface area contributed by atoms with Crippen LogP contribution in [0.3, 0.4) is 0 Å². The summed E-state index contributed by atoms with van der Waals surface area (Å²) in [6.07, 6.45) is -0.164. The predicted molar refractivity (Wildman–Crippen MR) is 118 cm³/mol. The molecule has 31 heavy (non-hydrogen) atoms. The van der Waals surface area contributed by atoms with Gasteiger partial charge < -0.3 is 25.4 Å². The fraction of sp³-hybridized carbons (Fsp3) is 0.391. The lowest BCUT2D eigenvalue weighted by Gasteiger charge is -2.30. The third kappa shape index (κ3) is 6.18. The van der Waals surface area contributed by atoms with Crippen LogP contribution in [0.25, 0.3) is 0 Å². The Hall–Kier alpha value is -3.13. The normalized spacial score (nSPS) is 14.3. The maximum Gasteiger partial charge on any atom is 0.310 e. The molecule has 1 aliphatic rings. The van der Waals surface area contributed by atoms with Crippen LogP contribution >= 0.6 is 0 Å². The Morgan fingerprint density at radius 3 is 2.52 bits per heavy atom. The van der Waals surface area contributed by atoms with Crippen LogP contribution < -0.4 is 16.0 Å². The van der Waals surface area contributed by atoms with E-state index in [0.29, 0.717) is 35.7 Å². The number of nitrogens with two attached hydrogens (primary N) is 1. The van der Waals surface area contributed by atoms with Crippen molar-refractivity contribution in [2.24, 2.45) is 0 Å². The number of anilines is 3. The molecule has 0 aliphatic carbocycles. The highest BCUT2D eigenvalue weighted by molar-refractivity contribution is 6.06. The Morgan fingerprint density at radius 2 is 1.87 bits per heavy atom. The molecule has 0 bridgehead atoms. The van der Waals surface area contributed by atoms with Gasteiger partial charge in [0, 0.05) is 24.3 Å². The number of hydrogen-bond acceptors (Lipinski definition) is 6. The van der Waals surface area contributed by atoms with Crippen LogP contribution in [-0.2, 0) is 20.7 Å². The minimum atomic E-state index is -0.659. The minimum absolute atomic E-state index is 0.164. The summed E-state index contributed by atoms with van der Waals surface area (Å²) in [5.74, 6) is -1.42. The molecule has 1 aliphatic heterocycles. The van der Waals surface area contributed by atoms with E-state index in [4.69, 9.17) is 15.2 Å². The van der Waals surface area contributed by atoms with Gasteiger partial charge in [0.2, 0.25) is 0 Å². The van der Waals surface area contributed by atoms with Crippen LogP contribution in [0.2, 0.25) is 0 Å². The maximum atomic E-state index is 13.8. The molecule has 0 unspecified atom stereocenters. The fourth-order valence-electron chi connectivity index (χ4n) is 3.35. The molecule has 1 amide bonds. The Kier molecular flexibility index (Phi) is 6.80. The number of carbonyl (C=O) groups excluding carboxylic acids is 2. The Morgan fingerprint density at radius 1 is 1.16 bits per heavy atom. The number of esters is 1. The number of morpholine rings is 1. The van der Waals surface area contributed by atoms with Gasteiger partial charge in [-0.05, 0) is 62.7 Å². The molecule has 0 saturated carbocycles. The summed E-state index contributed by atoms with van der Waals surface area (Å²) in [5.41, 5.74) is 7.91. The van der Waals surface area contributed by atoms with E-state index in [1.807, 2.05) is 6.07 Å². The van der Waals surface area contributed by atoms with Crippen LogP contribution in [0.4, 0.5) is 21.5 Å². The molecule has 1 fully saturated rings. The predicted octanol–water partition coefficient (Wildman–Crippen LogP) is 3.38. The van der Waals surface area contributed by atoms with Crippen LogP contribution in [-0.4, -0.2) is 43.8 Å². The van der Waals surface area contributed by atoms with Gasteiger partial charge in [-0.15, -0.1) is 0 Å². The van der Waals surface area contributed by atoms with Crippen LogP contribution in [0.1, 0.15) is 36.7 Å². The molecule has 0 spiro atoms. The fourth-order valence-corrected chi connectivity index (χ4v) is 3.35. The first kappa shape index (κ1) is 22.6. The van der Waals surface area contributed by atoms with Gasteiger partial charge in [-0.1, -0.05) is 0 Å². The number of nitrogens with one attached hydrogen (secondary N) is 1. The lowest BCUT2D eigenvalue weighted by atomic mass is 10.1. The van der Waals surface area contributed by atoms with Crippen LogP contribution in [0.5, 0.6) is 0 Å². The maximum absolute atomic E-state index is 13.8. The van der Waals surface area contributed by atoms with Crippen molar-refractivity contribution >= 4 is 28.9 Å². The van der Waals surface area contributed by atoms with Gasteiger partial charge in [0.1, 0.15) is 11.4 Å². The van der Waals surface area contributed by atoms with Gasteiger partial charge in [0.15, 0.2) is 0 Å². The average molecular weight is 429 g/mol. The van der Waals surface area contributed by atoms with Crippen LogP contribution in [0, 0.1) is 5.82 Å². The Labute approximate surface area is 181 Å². The minimum Gasteiger partial charge on any atom is -0.460 e. The molecule has 7 nitrogen and oxygen atoms in total. The molecule has 0 aromatic heterocycles. The number of halogens is 1. The summed E-state index contributed by atoms with van der Waals surface area (Å²) in [6.45, 7) is 8.00. The highest BCUT2D eigenvalue weighted by Crippen LogP contribution is 2.26. The van der Waals surface area contributed by atoms with Gasteiger partial charge >= 0.3 is 5.97 Å². The van der Waals surface area contributed by atoms with E-state index in [1.54, 1.807) is 32.9 Å². The number of carbonyl (C=O) groups is 2. The second-order valence-electron chi connectivity index (χ2n) is 8.39. The molecule has 1 heterocycles. The number of nitrogen functional groups attached to an aromatic ring is 1. The average Bonchev–Trinajstić information content (AvgIpc) is 2.69. The standard InChI is InChI=1S/C23H28FN3O4/c1-23(2,3)31-21(28)14-16-12-17(24)5-6-19(16)26-22(29)15-4-7-20(18(25)13-15)27-8-10-30-11-9-27/h4-7,12-13H,8-11,14,25H2,1-3H3,(H,26,29). The number of nitrogens with zero attached hydrogens (tertiary/aromatic N) is 1. The Bertz CT molecular complexity index is 966. The summed E-state index contributed by atoms with van der Waals surface area (Å²) in [5, 5.41) is 2.75. The van der Waals surface area contributed by atoms with Crippen LogP contribution in [0.15, 0.2) is 36.4 Å². The molecule has 1 saturated heterocycles. The third-order valence-electron chi connectivity index (χ3n) is 4.71. The van der Waals surface area contributed by atoms with Crippen molar-refractivity contribution in [3.8, 4) is 0 Å². The number of rotatable bonds is 5. The number of ether oxygens (including phenoxy) is 2. The second kappa shape index (κ2) is 9.34. The first-order chi connectivity index (χ1) is 14.6. The number of amides is 1. The largest absolute Gasteiger partial charge is 0.460 e. The molecule has 166 valence electrons. The smallest absolute Gasteiger partial charge is 0.310 e. The highest BCUT2D eigenvalue weighted by Gasteiger charge is 2.20. The molecular formula is C23H28FN3O4. The topological polar surface area (TPSA) is 93.9 Å². The first-order valence-electron chi connectivity index (χ1n) is 10.2. The monoisotopic (exact) mass is 429 g/mol. The van der Waals surface area contributed by atoms with Gasteiger partial charge in [0.25, 0.3) is 5.91 Å². The van der Waals surface area contributed by atoms with Gasteiger partial charge in [-0.2, -0.15) is 0 Å². The van der Waals surface area contributed by atoms with E-state index in [1.165, 1.54) is 18.2 Å². The molecule has 3 rings (SSSR count). The van der Waals surface area contributed by atoms with Gasteiger partial charge in [-0.25, -0.2) is 4.39 Å². The lowest BCUT2D eigenvalue weighted by Crippen LogP contribution is -2.36. The van der Waals surface area contributed by atoms with Crippen molar-refractivity contribution in [3.05, 3.63) is 53.3 Å². The van der Waals surface area contributed by atoms with E-state index in [-0.39, 0.29) is 6.42 Å². The third-order valence-corrected chi connectivity index (χ3v) is 4.71. The zero-order valence-corrected chi connectivity index (χ0v) is 18.0. The number of benzene rings is 2. The molecule has 3 N–H and O–H groups in total. The molecule has 2 aromatic carbocycles. The van der Waals surface area contributed by atoms with Crippen molar-refractivity contribution in [1.82, 2.24) is 0 Å². The van der Waals surface area contributed by atoms with Crippen molar-refractivity contribution in [1.29, 1.82) is 0 Å². The SMILES string of the molecule is CC(C)(C)OC(=O)Cc1cc(F)ccc1NC(=O)c1ccc(N2CCOCC2)c(N)c1. The second-order valence-corrected chi connectivity index (χ2v) is 8.39. The summed E-state index contributed by atoms with van der Waals surface area (Å²) in [6, 6.07) is 8.98. The zero-order chi connectivity index (χ0) is 22.6. The lowest BCUT2D eigenvalue weighted by molar-refractivity contribution is -0.153. The van der Waals surface area contributed by atoms with E-state index in [0.717, 1.165) is 18.8 Å². The van der Waals surface area contributed by atoms with E-state index in [9.17, 15) is 14.0 Å². The van der Waals surface area contributed by atoms with Crippen molar-refractivity contribution in [3.63, 3.8) is 0 Å². The summed E-state index contributed by atoms with van der Waals surface area (Å²) < 4.78 is 24.4. The molecular weight excluding hydrogens is 401 g/mol. The van der Waals surface area contributed by atoms with Gasteiger partial charge in [-0.3, -0.25) is 9.59 Å². The van der Waals surface area contributed by atoms with Crippen molar-refractivity contribution < 1.29 is 23.5 Å². The summed E-state index contributed by atoms with van der Waals surface area (Å²) in [7, 11) is 0. The quantitative estimate of drug-likeness (QED) is 0.559. The first-order valence-corrected chi connectivity index (χ1v) is 10.2. The van der Waals surface area contributed by atoms with E-state index in [2.05, 4.69) is 10.2 Å². The van der Waals surface area contributed by atoms with E-state index < -0.39 is 23.3 Å². The van der Waals surface area contributed by atoms with Crippen molar-refractivity contribution in [2.45, 2.75) is 32.8 Å². The van der Waals surface area contributed by atoms with Gasteiger partial charge in [0.05, 0.1) is 31.0 Å². The van der Waals surface area contributed by atoms with E-state index >= 15 is 0 Å². The Balaban J connectivity index is 1.75. The molecule has 8 heteroatoms. The molecule has 0 radical (unpaired) electrons. The molecule has 0 atom stereocenters. The summed E-state index contributed by atoms with van der Waals surface area (Å²) in [4.78, 5) is 27.1. The summed E-state index contributed by atoms with van der Waals surface area (Å²) >= 11 is 0. The van der Waals surface area contributed by atoms with Crippen molar-refractivity contribution in [2.75, 3.05) is 42.3 Å². The molecule has 2 aromatic rings. The number of hydrogen-bond donors (Lipinski definition) is 2.